The van der Waals surface area contributed by atoms with E-state index in [0.717, 1.165) is 22.1 Å². The molecular weight excluding hydrogens is 301 g/mol. The average Bonchev–Trinajstić information content (AvgIpc) is 2.96. The zero-order chi connectivity index (χ0) is 17.4. The molecule has 0 fully saturated rings. The Morgan fingerprint density at radius 1 is 1.00 bits per heavy atom. The summed E-state index contributed by atoms with van der Waals surface area (Å²) in [5.74, 6) is 0.598. The summed E-state index contributed by atoms with van der Waals surface area (Å²) in [6.45, 7) is 7.18. The second-order valence-corrected chi connectivity index (χ2v) is 6.91. The summed E-state index contributed by atoms with van der Waals surface area (Å²) >= 11 is 0. The van der Waals surface area contributed by atoms with Crippen LogP contribution in [0.3, 0.4) is 0 Å². The van der Waals surface area contributed by atoms with Crippen LogP contribution in [0.2, 0.25) is 0 Å². The minimum atomic E-state index is -0.943. The molecule has 2 aromatic carbocycles. The van der Waals surface area contributed by atoms with Crippen LogP contribution in [0.5, 0.6) is 0 Å². The maximum absolute atomic E-state index is 10.1. The van der Waals surface area contributed by atoms with Gasteiger partial charge in [0.25, 0.3) is 0 Å². The average molecular weight is 322 g/mol. The van der Waals surface area contributed by atoms with E-state index in [2.05, 4.69) is 4.98 Å². The topological polar surface area (TPSA) is 55.5 Å². The first kappa shape index (κ1) is 16.7. The molecule has 0 spiro atoms. The number of fused-ring (bicyclic) bond motifs is 1. The molecule has 123 valence electrons. The van der Waals surface area contributed by atoms with Crippen LogP contribution in [0, 0.1) is 0 Å². The zero-order valence-electron chi connectivity index (χ0n) is 14.4. The number of hydrogen-bond acceptors (Lipinski definition) is 4. The summed E-state index contributed by atoms with van der Waals surface area (Å²) in [5, 5.41) is 10.1. The standard InChI is InChI=1S/C19H21BNO3/c1-18(2,22)19(3,4)24-20-14-11-9-13(10-12-14)17-21-15-7-5-6-8-16(15)23-17/h5-12,22H,1-4H3. The minimum Gasteiger partial charge on any atom is -0.436 e. The van der Waals surface area contributed by atoms with Gasteiger partial charge in [0.2, 0.25) is 5.89 Å². The fourth-order valence-electron chi connectivity index (χ4n) is 2.06. The minimum absolute atomic E-state index is 0.598. The zero-order valence-corrected chi connectivity index (χ0v) is 14.4. The number of oxazole rings is 1. The third-order valence-corrected chi connectivity index (χ3v) is 4.41. The normalized spacial score (nSPS) is 12.5. The highest BCUT2D eigenvalue weighted by atomic mass is 16.5. The summed E-state index contributed by atoms with van der Waals surface area (Å²) in [4.78, 5) is 4.49. The maximum Gasteiger partial charge on any atom is 0.330 e. The molecule has 0 bridgehead atoms. The highest BCUT2D eigenvalue weighted by Crippen LogP contribution is 2.25. The predicted molar refractivity (Wildman–Crippen MR) is 96.3 cm³/mol. The molecule has 4 nitrogen and oxygen atoms in total. The van der Waals surface area contributed by atoms with Crippen LogP contribution in [0.1, 0.15) is 27.7 Å². The van der Waals surface area contributed by atoms with Gasteiger partial charge in [-0.25, -0.2) is 4.98 Å². The summed E-state index contributed by atoms with van der Waals surface area (Å²) in [5.41, 5.74) is 1.81. The first-order valence-electron chi connectivity index (χ1n) is 7.96. The highest BCUT2D eigenvalue weighted by Gasteiger charge is 2.35. The van der Waals surface area contributed by atoms with Crippen LogP contribution in [-0.2, 0) is 4.65 Å². The number of para-hydroxylation sites is 2. The SMILES string of the molecule is CC(C)(O)C(C)(C)O[B]c1ccc(-c2nc3ccccc3o2)cc1. The van der Waals surface area contributed by atoms with Crippen molar-refractivity contribution in [1.82, 2.24) is 4.98 Å². The predicted octanol–water partition coefficient (Wildman–Crippen LogP) is 3.31. The molecule has 1 heterocycles. The van der Waals surface area contributed by atoms with Gasteiger partial charge in [0.1, 0.15) is 5.52 Å². The monoisotopic (exact) mass is 322 g/mol. The summed E-state index contributed by atoms with van der Waals surface area (Å²) in [6, 6.07) is 15.5. The van der Waals surface area contributed by atoms with E-state index in [9.17, 15) is 5.11 Å². The quantitative estimate of drug-likeness (QED) is 0.732. The smallest absolute Gasteiger partial charge is 0.330 e. The van der Waals surface area contributed by atoms with Gasteiger partial charge in [-0.1, -0.05) is 41.9 Å². The van der Waals surface area contributed by atoms with Gasteiger partial charge in [0.15, 0.2) is 5.58 Å². The van der Waals surface area contributed by atoms with Gasteiger partial charge >= 0.3 is 7.48 Å². The molecule has 0 saturated heterocycles. The van der Waals surface area contributed by atoms with Gasteiger partial charge < -0.3 is 14.2 Å². The van der Waals surface area contributed by atoms with Gasteiger partial charge in [-0.05, 0) is 39.8 Å². The number of aromatic nitrogens is 1. The van der Waals surface area contributed by atoms with Gasteiger partial charge in [0, 0.05) is 5.56 Å². The number of benzene rings is 2. The van der Waals surface area contributed by atoms with Crippen LogP contribution in [0.25, 0.3) is 22.6 Å². The lowest BCUT2D eigenvalue weighted by molar-refractivity contribution is -0.0893. The molecular formula is C19H21BNO3. The van der Waals surface area contributed by atoms with Crippen molar-refractivity contribution in [3.63, 3.8) is 0 Å². The van der Waals surface area contributed by atoms with E-state index in [-0.39, 0.29) is 0 Å². The molecule has 0 aliphatic carbocycles. The van der Waals surface area contributed by atoms with Crippen LogP contribution in [0.15, 0.2) is 52.9 Å². The summed E-state index contributed by atoms with van der Waals surface area (Å²) in [6.07, 6.45) is 0. The van der Waals surface area contributed by atoms with Gasteiger partial charge in [-0.2, -0.15) is 0 Å². The lowest BCUT2D eigenvalue weighted by Crippen LogP contribution is -2.49. The van der Waals surface area contributed by atoms with Crippen LogP contribution in [0.4, 0.5) is 0 Å². The molecule has 3 rings (SSSR count). The second-order valence-electron chi connectivity index (χ2n) is 6.91. The largest absolute Gasteiger partial charge is 0.436 e. The lowest BCUT2D eigenvalue weighted by Gasteiger charge is -2.37. The van der Waals surface area contributed by atoms with Gasteiger partial charge in [-0.15, -0.1) is 0 Å². The molecule has 0 amide bonds. The fraction of sp³-hybridized carbons (Fsp3) is 0.316. The lowest BCUT2D eigenvalue weighted by atomic mass is 9.82. The van der Waals surface area contributed by atoms with E-state index in [0.29, 0.717) is 5.89 Å². The van der Waals surface area contributed by atoms with Crippen LogP contribution in [-0.4, -0.2) is 28.8 Å². The number of rotatable bonds is 5. The third kappa shape index (κ3) is 3.37. The Bertz CT molecular complexity index is 799. The molecule has 0 aliphatic rings. The van der Waals surface area contributed by atoms with Crippen molar-refractivity contribution in [2.75, 3.05) is 0 Å². The van der Waals surface area contributed by atoms with E-state index >= 15 is 0 Å². The first-order chi connectivity index (χ1) is 11.3. The Balaban J connectivity index is 1.74. The summed E-state index contributed by atoms with van der Waals surface area (Å²) in [7, 11) is 1.66. The Kier molecular flexibility index (Phi) is 4.24. The van der Waals surface area contributed by atoms with Crippen molar-refractivity contribution in [1.29, 1.82) is 0 Å². The molecule has 3 aromatic rings. The van der Waals surface area contributed by atoms with E-state index in [4.69, 9.17) is 9.07 Å². The molecule has 1 N–H and O–H groups in total. The Hall–Kier alpha value is -2.11. The van der Waals surface area contributed by atoms with Crippen LogP contribution < -0.4 is 5.46 Å². The van der Waals surface area contributed by atoms with Crippen molar-refractivity contribution in [2.45, 2.75) is 38.9 Å². The molecule has 24 heavy (non-hydrogen) atoms. The van der Waals surface area contributed by atoms with E-state index in [1.165, 1.54) is 0 Å². The first-order valence-corrected chi connectivity index (χ1v) is 7.96. The molecule has 1 radical (unpaired) electrons. The Morgan fingerprint density at radius 2 is 1.67 bits per heavy atom. The van der Waals surface area contributed by atoms with Crippen molar-refractivity contribution < 1.29 is 14.2 Å². The van der Waals surface area contributed by atoms with Crippen LogP contribution >= 0.6 is 0 Å². The number of nitrogens with zero attached hydrogens (tertiary/aromatic N) is 1. The van der Waals surface area contributed by atoms with Gasteiger partial charge in [0.05, 0.1) is 11.2 Å². The molecule has 0 atom stereocenters. The summed E-state index contributed by atoms with van der Waals surface area (Å²) < 4.78 is 11.5. The van der Waals surface area contributed by atoms with Crippen molar-refractivity contribution in [3.8, 4) is 11.5 Å². The Labute approximate surface area is 142 Å². The second kappa shape index (κ2) is 6.08. The van der Waals surface area contributed by atoms with Crippen molar-refractivity contribution >= 4 is 24.0 Å². The van der Waals surface area contributed by atoms with E-state index in [1.54, 1.807) is 21.3 Å². The molecule has 5 heteroatoms. The molecule has 0 saturated carbocycles. The number of hydrogen-bond donors (Lipinski definition) is 1. The highest BCUT2D eigenvalue weighted by molar-refractivity contribution is 6.47. The van der Waals surface area contributed by atoms with E-state index < -0.39 is 11.2 Å². The van der Waals surface area contributed by atoms with Crippen molar-refractivity contribution in [3.05, 3.63) is 48.5 Å². The maximum atomic E-state index is 10.1. The third-order valence-electron chi connectivity index (χ3n) is 4.41. The fourth-order valence-corrected chi connectivity index (χ4v) is 2.06. The van der Waals surface area contributed by atoms with E-state index in [1.807, 2.05) is 62.4 Å². The number of aliphatic hydroxyl groups is 1. The van der Waals surface area contributed by atoms with Gasteiger partial charge in [-0.3, -0.25) is 0 Å². The molecule has 0 aliphatic heterocycles. The Morgan fingerprint density at radius 3 is 2.29 bits per heavy atom. The molecule has 0 unspecified atom stereocenters. The van der Waals surface area contributed by atoms with Crippen molar-refractivity contribution in [2.24, 2.45) is 0 Å². The molecule has 1 aromatic heterocycles.